The number of furan rings is 1. The number of nitrogens with one attached hydrogen (secondary N) is 1. The Balaban J connectivity index is 1.52. The van der Waals surface area contributed by atoms with E-state index in [0.29, 0.717) is 22.9 Å². The molecule has 142 valence electrons. The van der Waals surface area contributed by atoms with Crippen molar-refractivity contribution in [3.8, 4) is 0 Å². The number of amides is 1. The molecule has 1 aliphatic heterocycles. The van der Waals surface area contributed by atoms with Crippen molar-refractivity contribution in [1.29, 1.82) is 0 Å². The molecule has 1 aliphatic rings. The van der Waals surface area contributed by atoms with Crippen LogP contribution in [0.15, 0.2) is 40.1 Å². The number of carbonyl (C=O) groups excluding carboxylic acids is 1. The second-order valence-corrected chi connectivity index (χ2v) is 8.45. The normalized spacial score (nSPS) is 16.5. The van der Waals surface area contributed by atoms with Crippen LogP contribution in [0.4, 0.5) is 0 Å². The van der Waals surface area contributed by atoms with Gasteiger partial charge in [0.05, 0.1) is 6.04 Å². The number of fused-ring (bicyclic) bond motifs is 1. The van der Waals surface area contributed by atoms with E-state index in [9.17, 15) is 4.79 Å². The van der Waals surface area contributed by atoms with Crippen LogP contribution in [0.2, 0.25) is 5.02 Å². The molecule has 3 aromatic rings. The average molecular weight is 403 g/mol. The van der Waals surface area contributed by atoms with Crippen LogP contribution in [0.1, 0.15) is 46.3 Å². The van der Waals surface area contributed by atoms with E-state index in [0.717, 1.165) is 24.0 Å². The Hall–Kier alpha value is -1.82. The van der Waals surface area contributed by atoms with E-state index in [1.165, 1.54) is 24.1 Å². The Morgan fingerprint density at radius 2 is 2.11 bits per heavy atom. The van der Waals surface area contributed by atoms with E-state index in [1.54, 1.807) is 17.4 Å². The van der Waals surface area contributed by atoms with Crippen molar-refractivity contribution in [3.63, 3.8) is 0 Å². The zero-order valence-corrected chi connectivity index (χ0v) is 16.9. The lowest BCUT2D eigenvalue weighted by Gasteiger charge is -2.34. The number of halogens is 1. The van der Waals surface area contributed by atoms with Crippen molar-refractivity contribution in [3.05, 3.63) is 56.9 Å². The minimum Gasteiger partial charge on any atom is -0.451 e. The molecule has 1 N–H and O–H groups in total. The molecule has 4 rings (SSSR count). The largest absolute Gasteiger partial charge is 0.451 e. The maximum Gasteiger partial charge on any atom is 0.287 e. The number of carbonyl (C=O) groups is 1. The second kappa shape index (κ2) is 8.05. The van der Waals surface area contributed by atoms with Gasteiger partial charge in [0, 0.05) is 27.4 Å². The molecular formula is C21H23ClN2O2S. The van der Waals surface area contributed by atoms with Crippen LogP contribution in [0.5, 0.6) is 0 Å². The molecule has 1 atom stereocenters. The number of thiophene rings is 1. The molecule has 0 unspecified atom stereocenters. The van der Waals surface area contributed by atoms with Crippen molar-refractivity contribution in [2.75, 3.05) is 19.6 Å². The molecule has 0 spiro atoms. The summed E-state index contributed by atoms with van der Waals surface area (Å²) >= 11 is 7.83. The van der Waals surface area contributed by atoms with Crippen LogP contribution in [-0.4, -0.2) is 30.4 Å². The predicted molar refractivity (Wildman–Crippen MR) is 111 cm³/mol. The monoisotopic (exact) mass is 402 g/mol. The van der Waals surface area contributed by atoms with Crippen LogP contribution in [0.3, 0.4) is 0 Å². The van der Waals surface area contributed by atoms with Crippen LogP contribution in [-0.2, 0) is 0 Å². The first-order valence-electron chi connectivity index (χ1n) is 9.38. The first kappa shape index (κ1) is 18.5. The molecular weight excluding hydrogens is 380 g/mol. The standard InChI is InChI=1S/C21H23ClN2O2S/c1-14-16-12-15(22)7-8-18(16)26-20(14)21(25)23-13-17(19-6-5-11-27-19)24-9-3-2-4-10-24/h5-8,11-12,17H,2-4,9-10,13H2,1H3,(H,23,25)/t17-/m1/s1. The van der Waals surface area contributed by atoms with E-state index >= 15 is 0 Å². The maximum absolute atomic E-state index is 12.8. The van der Waals surface area contributed by atoms with Crippen LogP contribution in [0, 0.1) is 6.92 Å². The summed E-state index contributed by atoms with van der Waals surface area (Å²) in [5.41, 5.74) is 1.52. The summed E-state index contributed by atoms with van der Waals surface area (Å²) in [6, 6.07) is 9.88. The quantitative estimate of drug-likeness (QED) is 0.620. The van der Waals surface area contributed by atoms with E-state index in [2.05, 4.69) is 27.7 Å². The van der Waals surface area contributed by atoms with Crippen molar-refractivity contribution >= 4 is 39.8 Å². The summed E-state index contributed by atoms with van der Waals surface area (Å²) < 4.78 is 5.80. The SMILES string of the molecule is Cc1c(C(=O)NC[C@H](c2cccs2)N2CCCCC2)oc2ccc(Cl)cc12. The first-order chi connectivity index (χ1) is 13.1. The molecule has 4 nitrogen and oxygen atoms in total. The third-order valence-corrected chi connectivity index (χ3v) is 6.47. The van der Waals surface area contributed by atoms with Gasteiger partial charge in [0.1, 0.15) is 5.58 Å². The summed E-state index contributed by atoms with van der Waals surface area (Å²) in [7, 11) is 0. The third-order valence-electron chi connectivity index (χ3n) is 5.26. The lowest BCUT2D eigenvalue weighted by molar-refractivity contribution is 0.0899. The summed E-state index contributed by atoms with van der Waals surface area (Å²) in [5, 5.41) is 6.73. The fourth-order valence-corrected chi connectivity index (χ4v) is 4.83. The van der Waals surface area contributed by atoms with Gasteiger partial charge in [-0.3, -0.25) is 9.69 Å². The Morgan fingerprint density at radius 1 is 1.30 bits per heavy atom. The van der Waals surface area contributed by atoms with Gasteiger partial charge in [-0.1, -0.05) is 24.1 Å². The number of nitrogens with zero attached hydrogens (tertiary/aromatic N) is 1. The summed E-state index contributed by atoms with van der Waals surface area (Å²) in [6.45, 7) is 4.65. The highest BCUT2D eigenvalue weighted by Crippen LogP contribution is 2.29. The minimum absolute atomic E-state index is 0.168. The summed E-state index contributed by atoms with van der Waals surface area (Å²) in [6.07, 6.45) is 3.74. The Morgan fingerprint density at radius 3 is 2.85 bits per heavy atom. The van der Waals surface area contributed by atoms with Gasteiger partial charge >= 0.3 is 0 Å². The van der Waals surface area contributed by atoms with Gasteiger partial charge in [0.25, 0.3) is 5.91 Å². The minimum atomic E-state index is -0.168. The topological polar surface area (TPSA) is 45.5 Å². The average Bonchev–Trinajstić information content (AvgIpc) is 3.32. The maximum atomic E-state index is 12.8. The zero-order valence-electron chi connectivity index (χ0n) is 15.3. The summed E-state index contributed by atoms with van der Waals surface area (Å²) in [5.74, 6) is 0.203. The molecule has 1 amide bonds. The number of hydrogen-bond donors (Lipinski definition) is 1. The molecule has 0 radical (unpaired) electrons. The van der Waals surface area contributed by atoms with Gasteiger partial charge in [0.15, 0.2) is 5.76 Å². The number of piperidine rings is 1. The Bertz CT molecular complexity index is 929. The number of benzene rings is 1. The third kappa shape index (κ3) is 3.91. The highest BCUT2D eigenvalue weighted by atomic mass is 35.5. The number of rotatable bonds is 5. The number of likely N-dealkylation sites (tertiary alicyclic amines) is 1. The molecule has 0 bridgehead atoms. The van der Waals surface area contributed by atoms with Crippen molar-refractivity contribution < 1.29 is 9.21 Å². The van der Waals surface area contributed by atoms with Gasteiger partial charge in [0.2, 0.25) is 0 Å². The molecule has 3 heterocycles. The first-order valence-corrected chi connectivity index (χ1v) is 10.6. The summed E-state index contributed by atoms with van der Waals surface area (Å²) in [4.78, 5) is 16.6. The molecule has 6 heteroatoms. The molecule has 0 saturated carbocycles. The van der Waals surface area contributed by atoms with E-state index < -0.39 is 0 Å². The predicted octanol–water partition coefficient (Wildman–Crippen LogP) is 5.41. The Labute approximate surface area is 168 Å². The fourth-order valence-electron chi connectivity index (χ4n) is 3.80. The van der Waals surface area contributed by atoms with Gasteiger partial charge in [-0.2, -0.15) is 0 Å². The molecule has 27 heavy (non-hydrogen) atoms. The highest BCUT2D eigenvalue weighted by Gasteiger charge is 2.25. The molecule has 1 saturated heterocycles. The number of hydrogen-bond acceptors (Lipinski definition) is 4. The van der Waals surface area contributed by atoms with Gasteiger partial charge in [-0.05, 0) is 62.5 Å². The van der Waals surface area contributed by atoms with Gasteiger partial charge in [-0.25, -0.2) is 0 Å². The van der Waals surface area contributed by atoms with Crippen molar-refractivity contribution in [2.45, 2.75) is 32.2 Å². The second-order valence-electron chi connectivity index (χ2n) is 7.03. The van der Waals surface area contributed by atoms with E-state index in [4.69, 9.17) is 16.0 Å². The van der Waals surface area contributed by atoms with E-state index in [-0.39, 0.29) is 11.9 Å². The van der Waals surface area contributed by atoms with Crippen LogP contribution in [0.25, 0.3) is 11.0 Å². The fraction of sp³-hybridized carbons (Fsp3) is 0.381. The smallest absolute Gasteiger partial charge is 0.287 e. The van der Waals surface area contributed by atoms with Gasteiger partial charge < -0.3 is 9.73 Å². The lowest BCUT2D eigenvalue weighted by atomic mass is 10.1. The number of aryl methyl sites for hydroxylation is 1. The Kier molecular flexibility index (Phi) is 5.53. The molecule has 1 aromatic carbocycles. The molecule has 0 aliphatic carbocycles. The van der Waals surface area contributed by atoms with Crippen LogP contribution >= 0.6 is 22.9 Å². The van der Waals surface area contributed by atoms with Crippen LogP contribution < -0.4 is 5.32 Å². The van der Waals surface area contributed by atoms with Crippen molar-refractivity contribution in [1.82, 2.24) is 10.2 Å². The zero-order chi connectivity index (χ0) is 18.8. The lowest BCUT2D eigenvalue weighted by Crippen LogP contribution is -2.40. The van der Waals surface area contributed by atoms with Crippen molar-refractivity contribution in [2.24, 2.45) is 0 Å². The van der Waals surface area contributed by atoms with E-state index in [1.807, 2.05) is 19.1 Å². The van der Waals surface area contributed by atoms with Gasteiger partial charge in [-0.15, -0.1) is 11.3 Å². The molecule has 2 aromatic heterocycles. The molecule has 1 fully saturated rings. The highest BCUT2D eigenvalue weighted by molar-refractivity contribution is 7.10.